The number of nitrogens with zero attached hydrogens (tertiary/aromatic N) is 1. The van der Waals surface area contributed by atoms with Gasteiger partial charge < -0.3 is 10.6 Å². The summed E-state index contributed by atoms with van der Waals surface area (Å²) >= 11 is 0. The molecule has 18 heavy (non-hydrogen) atoms. The molecule has 0 spiro atoms. The van der Waals surface area contributed by atoms with E-state index < -0.39 is 0 Å². The average molecular weight is 246 g/mol. The van der Waals surface area contributed by atoms with Gasteiger partial charge in [-0.1, -0.05) is 31.9 Å². The first-order valence-corrected chi connectivity index (χ1v) is 6.86. The minimum atomic E-state index is 0.275. The lowest BCUT2D eigenvalue weighted by Gasteiger charge is -2.29. The second kappa shape index (κ2) is 5.89. The molecule has 0 unspecified atom stereocenters. The maximum absolute atomic E-state index is 12.1. The number of carbonyl (C=O) groups excluding carboxylic acids is 1. The highest BCUT2D eigenvalue weighted by Gasteiger charge is 2.21. The smallest absolute Gasteiger partial charge is 0.222 e. The van der Waals surface area contributed by atoms with Gasteiger partial charge in [0.05, 0.1) is 0 Å². The zero-order chi connectivity index (χ0) is 13.0. The molecule has 98 valence electrons. The van der Waals surface area contributed by atoms with Gasteiger partial charge in [-0.3, -0.25) is 4.79 Å². The van der Waals surface area contributed by atoms with Gasteiger partial charge in [0, 0.05) is 25.2 Å². The molecule has 2 N–H and O–H groups in total. The molecule has 1 aliphatic rings. The summed E-state index contributed by atoms with van der Waals surface area (Å²) in [5.74, 6) is 0.275. The fraction of sp³-hybridized carbons (Fsp3) is 0.533. The first-order chi connectivity index (χ1) is 8.72. The van der Waals surface area contributed by atoms with Crippen molar-refractivity contribution in [1.29, 1.82) is 0 Å². The number of rotatable bonds is 4. The van der Waals surface area contributed by atoms with Crippen LogP contribution in [0.5, 0.6) is 0 Å². The molecule has 0 saturated heterocycles. The van der Waals surface area contributed by atoms with Crippen molar-refractivity contribution in [3.05, 3.63) is 29.3 Å². The SMILES string of the molecule is CCCCCC(=O)N1CCc2cccc(N)c2C1. The summed E-state index contributed by atoms with van der Waals surface area (Å²) in [6, 6.07) is 6.03. The van der Waals surface area contributed by atoms with Crippen molar-refractivity contribution in [1.82, 2.24) is 4.90 Å². The molecule has 0 fully saturated rings. The second-order valence-electron chi connectivity index (χ2n) is 5.01. The number of hydrogen-bond donors (Lipinski definition) is 1. The van der Waals surface area contributed by atoms with Gasteiger partial charge in [-0.05, 0) is 30.0 Å². The Morgan fingerprint density at radius 2 is 2.22 bits per heavy atom. The van der Waals surface area contributed by atoms with Crippen molar-refractivity contribution in [2.24, 2.45) is 0 Å². The lowest BCUT2D eigenvalue weighted by Crippen LogP contribution is -2.36. The number of carbonyl (C=O) groups is 1. The van der Waals surface area contributed by atoms with Crippen molar-refractivity contribution in [3.63, 3.8) is 0 Å². The summed E-state index contributed by atoms with van der Waals surface area (Å²) in [5, 5.41) is 0. The Labute approximate surface area is 109 Å². The van der Waals surface area contributed by atoms with E-state index in [1.54, 1.807) is 0 Å². The maximum atomic E-state index is 12.1. The van der Waals surface area contributed by atoms with Crippen LogP contribution in [0.1, 0.15) is 43.7 Å². The molecular weight excluding hydrogens is 224 g/mol. The monoisotopic (exact) mass is 246 g/mol. The minimum Gasteiger partial charge on any atom is -0.398 e. The summed E-state index contributed by atoms with van der Waals surface area (Å²) in [7, 11) is 0. The summed E-state index contributed by atoms with van der Waals surface area (Å²) in [5.41, 5.74) is 9.25. The van der Waals surface area contributed by atoms with Crippen molar-refractivity contribution in [3.8, 4) is 0 Å². The van der Waals surface area contributed by atoms with E-state index in [-0.39, 0.29) is 5.91 Å². The molecule has 0 aliphatic carbocycles. The molecule has 3 nitrogen and oxygen atoms in total. The van der Waals surface area contributed by atoms with Crippen LogP contribution in [0.4, 0.5) is 5.69 Å². The lowest BCUT2D eigenvalue weighted by molar-refractivity contribution is -0.132. The van der Waals surface area contributed by atoms with E-state index in [1.165, 1.54) is 5.56 Å². The molecule has 1 aliphatic heterocycles. The number of unbranched alkanes of at least 4 members (excludes halogenated alkanes) is 2. The van der Waals surface area contributed by atoms with Crippen molar-refractivity contribution < 1.29 is 4.79 Å². The molecule has 1 aromatic rings. The topological polar surface area (TPSA) is 46.3 Å². The summed E-state index contributed by atoms with van der Waals surface area (Å²) in [4.78, 5) is 14.0. The van der Waals surface area contributed by atoms with E-state index in [9.17, 15) is 4.79 Å². The largest absolute Gasteiger partial charge is 0.398 e. The van der Waals surface area contributed by atoms with Crippen LogP contribution in [-0.4, -0.2) is 17.4 Å². The van der Waals surface area contributed by atoms with Crippen LogP contribution >= 0.6 is 0 Å². The summed E-state index contributed by atoms with van der Waals surface area (Å²) < 4.78 is 0. The number of amides is 1. The number of fused-ring (bicyclic) bond motifs is 1. The third kappa shape index (κ3) is 2.84. The fourth-order valence-corrected chi connectivity index (χ4v) is 2.50. The Bertz CT molecular complexity index is 429. The van der Waals surface area contributed by atoms with Crippen LogP contribution in [0.2, 0.25) is 0 Å². The van der Waals surface area contributed by atoms with E-state index >= 15 is 0 Å². The zero-order valence-corrected chi connectivity index (χ0v) is 11.1. The second-order valence-corrected chi connectivity index (χ2v) is 5.01. The number of anilines is 1. The van der Waals surface area contributed by atoms with Crippen LogP contribution in [0.3, 0.4) is 0 Å². The molecule has 0 saturated carbocycles. The molecule has 0 aromatic heterocycles. The molecule has 2 rings (SSSR count). The van der Waals surface area contributed by atoms with E-state index in [2.05, 4.69) is 13.0 Å². The zero-order valence-electron chi connectivity index (χ0n) is 11.1. The molecule has 1 aromatic carbocycles. The Hall–Kier alpha value is -1.51. The van der Waals surface area contributed by atoms with Gasteiger partial charge >= 0.3 is 0 Å². The number of nitrogens with two attached hydrogens (primary N) is 1. The highest BCUT2D eigenvalue weighted by atomic mass is 16.2. The molecule has 0 bridgehead atoms. The Balaban J connectivity index is 1.99. The third-order valence-corrected chi connectivity index (χ3v) is 3.66. The number of hydrogen-bond acceptors (Lipinski definition) is 2. The summed E-state index contributed by atoms with van der Waals surface area (Å²) in [6.45, 7) is 3.68. The third-order valence-electron chi connectivity index (χ3n) is 3.66. The first kappa shape index (κ1) is 12.9. The fourth-order valence-electron chi connectivity index (χ4n) is 2.50. The van der Waals surface area contributed by atoms with Gasteiger partial charge in [0.2, 0.25) is 5.91 Å². The maximum Gasteiger partial charge on any atom is 0.222 e. The quantitative estimate of drug-likeness (QED) is 0.656. The van der Waals surface area contributed by atoms with Gasteiger partial charge in [0.15, 0.2) is 0 Å². The van der Waals surface area contributed by atoms with Gasteiger partial charge in [0.25, 0.3) is 0 Å². The Morgan fingerprint density at radius 3 is 3.00 bits per heavy atom. The Kier molecular flexibility index (Phi) is 4.24. The normalized spacial score (nSPS) is 14.4. The van der Waals surface area contributed by atoms with E-state index in [0.717, 1.165) is 43.5 Å². The lowest BCUT2D eigenvalue weighted by atomic mass is 9.98. The van der Waals surface area contributed by atoms with Crippen molar-refractivity contribution >= 4 is 11.6 Å². The predicted octanol–water partition coefficient (Wildman–Crippen LogP) is 2.73. The van der Waals surface area contributed by atoms with Crippen LogP contribution in [0.25, 0.3) is 0 Å². The molecular formula is C15H22N2O. The van der Waals surface area contributed by atoms with Crippen LogP contribution in [0.15, 0.2) is 18.2 Å². The van der Waals surface area contributed by atoms with Crippen LogP contribution < -0.4 is 5.73 Å². The van der Waals surface area contributed by atoms with Crippen molar-refractivity contribution in [2.75, 3.05) is 12.3 Å². The van der Waals surface area contributed by atoms with E-state index in [1.807, 2.05) is 17.0 Å². The van der Waals surface area contributed by atoms with Gasteiger partial charge in [-0.15, -0.1) is 0 Å². The summed E-state index contributed by atoms with van der Waals surface area (Å²) in [6.07, 6.45) is 4.90. The number of nitrogen functional groups attached to an aromatic ring is 1. The molecule has 3 heteroatoms. The first-order valence-electron chi connectivity index (χ1n) is 6.86. The molecule has 0 atom stereocenters. The standard InChI is InChI=1S/C15H22N2O/c1-2-3-4-8-15(18)17-10-9-12-6-5-7-14(16)13(12)11-17/h5-7H,2-4,8-11,16H2,1H3. The molecule has 0 radical (unpaired) electrons. The average Bonchev–Trinajstić information content (AvgIpc) is 2.39. The van der Waals surface area contributed by atoms with Gasteiger partial charge in [-0.2, -0.15) is 0 Å². The minimum absolute atomic E-state index is 0.275. The predicted molar refractivity (Wildman–Crippen MR) is 74.1 cm³/mol. The van der Waals surface area contributed by atoms with Gasteiger partial charge in [0.1, 0.15) is 0 Å². The van der Waals surface area contributed by atoms with Gasteiger partial charge in [-0.25, -0.2) is 0 Å². The highest BCUT2D eigenvalue weighted by molar-refractivity contribution is 5.76. The van der Waals surface area contributed by atoms with E-state index in [4.69, 9.17) is 5.73 Å². The van der Waals surface area contributed by atoms with Crippen molar-refractivity contribution in [2.45, 2.75) is 45.6 Å². The van der Waals surface area contributed by atoms with E-state index in [0.29, 0.717) is 13.0 Å². The molecule has 1 amide bonds. The van der Waals surface area contributed by atoms with Crippen LogP contribution in [0, 0.1) is 0 Å². The molecule has 1 heterocycles. The highest BCUT2D eigenvalue weighted by Crippen LogP contribution is 2.24. The van der Waals surface area contributed by atoms with Crippen LogP contribution in [-0.2, 0) is 17.8 Å². The Morgan fingerprint density at radius 1 is 1.39 bits per heavy atom. The number of benzene rings is 1.